The molecule has 0 spiro atoms. The van der Waals surface area contributed by atoms with Gasteiger partial charge in [-0.05, 0) is 88.5 Å². The maximum Gasteiger partial charge on any atom is 0.573 e. The summed E-state index contributed by atoms with van der Waals surface area (Å²) in [7, 11) is 0. The van der Waals surface area contributed by atoms with E-state index in [-0.39, 0.29) is 5.56 Å². The normalized spacial score (nSPS) is 29.1. The minimum Gasteiger partial charge on any atom is -0.405 e. The zero-order chi connectivity index (χ0) is 24.4. The van der Waals surface area contributed by atoms with Gasteiger partial charge in [0.05, 0.1) is 5.56 Å². The number of alkyl halides is 3. The van der Waals surface area contributed by atoms with Gasteiger partial charge in [0.2, 0.25) is 0 Å². The first-order valence-electron chi connectivity index (χ1n) is 13.2. The quantitative estimate of drug-likeness (QED) is 0.431. The molecule has 4 atom stereocenters. The Hall–Kier alpha value is -2.06. The second kappa shape index (κ2) is 10.5. The van der Waals surface area contributed by atoms with Crippen LogP contribution >= 0.6 is 0 Å². The van der Waals surface area contributed by atoms with E-state index >= 15 is 0 Å². The van der Waals surface area contributed by atoms with Crippen LogP contribution in [0.5, 0.6) is 5.75 Å². The number of nitrogens with one attached hydrogen (secondary N) is 1. The number of amides is 1. The van der Waals surface area contributed by atoms with Crippen molar-refractivity contribution in [2.45, 2.75) is 69.8 Å². The third-order valence-electron chi connectivity index (χ3n) is 8.28. The van der Waals surface area contributed by atoms with Crippen molar-refractivity contribution in [3.63, 3.8) is 0 Å². The second-order valence-electron chi connectivity index (χ2n) is 10.6. The molecule has 8 heteroatoms. The Labute approximate surface area is 205 Å². The van der Waals surface area contributed by atoms with Gasteiger partial charge in [-0.25, -0.2) is 0 Å². The Morgan fingerprint density at radius 1 is 1.11 bits per heavy atom. The molecular formula is C27H36F3N3O2. The van der Waals surface area contributed by atoms with Gasteiger partial charge >= 0.3 is 6.36 Å². The number of benzene rings is 1. The van der Waals surface area contributed by atoms with E-state index in [1.807, 2.05) is 0 Å². The van der Waals surface area contributed by atoms with Gasteiger partial charge in [-0.2, -0.15) is 0 Å². The first kappa shape index (κ1) is 24.6. The predicted octanol–water partition coefficient (Wildman–Crippen LogP) is 4.99. The SMILES string of the molecule is O=C(NCCCCN1CCCC2=C[C@H]3C[C@H](CN4CCCC[C@H]34)[C@@H]21)c1ccccc1OC(F)(F)F. The van der Waals surface area contributed by atoms with Crippen molar-refractivity contribution in [3.05, 3.63) is 41.5 Å². The molecule has 5 rings (SSSR count). The van der Waals surface area contributed by atoms with Crippen molar-refractivity contribution >= 4 is 5.91 Å². The number of rotatable bonds is 7. The number of carbonyl (C=O) groups is 1. The fourth-order valence-electron chi connectivity index (χ4n) is 6.94. The highest BCUT2D eigenvalue weighted by Crippen LogP contribution is 2.45. The second-order valence-corrected chi connectivity index (χ2v) is 10.6. The van der Waals surface area contributed by atoms with E-state index in [2.05, 4.69) is 25.9 Å². The lowest BCUT2D eigenvalue weighted by Gasteiger charge is -2.55. The van der Waals surface area contributed by atoms with Gasteiger partial charge in [-0.1, -0.05) is 30.2 Å². The molecule has 192 valence electrons. The molecule has 0 radical (unpaired) electrons. The van der Waals surface area contributed by atoms with Crippen molar-refractivity contribution in [2.24, 2.45) is 11.8 Å². The van der Waals surface area contributed by atoms with Crippen LogP contribution < -0.4 is 10.1 Å². The van der Waals surface area contributed by atoms with Crippen molar-refractivity contribution < 1.29 is 22.7 Å². The number of unbranched alkanes of at least 4 members (excludes halogenated alkanes) is 1. The molecule has 1 aliphatic carbocycles. The van der Waals surface area contributed by atoms with Crippen LogP contribution in [0.15, 0.2) is 35.9 Å². The maximum atomic E-state index is 12.6. The van der Waals surface area contributed by atoms with Gasteiger partial charge in [0, 0.05) is 25.2 Å². The molecule has 3 heterocycles. The van der Waals surface area contributed by atoms with Crippen LogP contribution in [0, 0.1) is 11.8 Å². The summed E-state index contributed by atoms with van der Waals surface area (Å²) in [6.45, 7) is 5.04. The molecule has 1 aromatic rings. The topological polar surface area (TPSA) is 44.8 Å². The lowest BCUT2D eigenvalue weighted by atomic mass is 9.68. The third kappa shape index (κ3) is 5.69. The molecular weight excluding hydrogens is 455 g/mol. The molecule has 0 aromatic heterocycles. The van der Waals surface area contributed by atoms with Gasteiger partial charge in [0.15, 0.2) is 0 Å². The number of fused-ring (bicyclic) bond motifs is 6. The number of nitrogens with zero attached hydrogens (tertiary/aromatic N) is 2. The van der Waals surface area contributed by atoms with E-state index in [1.165, 1.54) is 69.8 Å². The lowest BCUT2D eigenvalue weighted by Crippen LogP contribution is -2.59. The van der Waals surface area contributed by atoms with E-state index in [0.717, 1.165) is 49.9 Å². The predicted molar refractivity (Wildman–Crippen MR) is 128 cm³/mol. The molecule has 35 heavy (non-hydrogen) atoms. The molecule has 3 aliphatic heterocycles. The molecule has 4 aliphatic rings. The summed E-state index contributed by atoms with van der Waals surface area (Å²) in [6, 6.07) is 6.79. The molecule has 0 saturated carbocycles. The van der Waals surface area contributed by atoms with E-state index in [4.69, 9.17) is 0 Å². The Balaban J connectivity index is 1.12. The smallest absolute Gasteiger partial charge is 0.405 e. The van der Waals surface area contributed by atoms with E-state index < -0.39 is 18.0 Å². The maximum absolute atomic E-state index is 12.6. The minimum atomic E-state index is -4.83. The van der Waals surface area contributed by atoms with Gasteiger partial charge in [-0.3, -0.25) is 14.6 Å². The largest absolute Gasteiger partial charge is 0.573 e. The van der Waals surface area contributed by atoms with Crippen LogP contribution in [-0.2, 0) is 0 Å². The van der Waals surface area contributed by atoms with Crippen LogP contribution in [0.3, 0.4) is 0 Å². The van der Waals surface area contributed by atoms with Gasteiger partial charge in [-0.15, -0.1) is 13.2 Å². The van der Waals surface area contributed by atoms with Gasteiger partial charge in [0.25, 0.3) is 5.91 Å². The molecule has 3 fully saturated rings. The standard InChI is InChI=1S/C27H36F3N3O2/c28-27(29,30)35-24-11-2-1-9-22(24)26(34)31-12-4-6-13-32-15-7-8-19-16-20-17-21(25(19)32)18-33-14-5-3-10-23(20)33/h1-2,9,11,16,20-21,23,25H,3-8,10,12-15,17-18H2,(H,31,34)/t20-,21+,23+,25+/m0/s1. The minimum absolute atomic E-state index is 0.0966. The summed E-state index contributed by atoms with van der Waals surface area (Å²) in [5.41, 5.74) is 1.57. The number of carbonyl (C=O) groups excluding carboxylic acids is 1. The van der Waals surface area contributed by atoms with Crippen molar-refractivity contribution in [1.29, 1.82) is 0 Å². The molecule has 5 nitrogen and oxygen atoms in total. The van der Waals surface area contributed by atoms with Gasteiger partial charge < -0.3 is 10.1 Å². The van der Waals surface area contributed by atoms with Crippen molar-refractivity contribution in [2.75, 3.05) is 32.7 Å². The molecule has 0 unspecified atom stereocenters. The average molecular weight is 492 g/mol. The van der Waals surface area contributed by atoms with Crippen LogP contribution in [0.25, 0.3) is 0 Å². The molecule has 1 N–H and O–H groups in total. The number of para-hydroxylation sites is 1. The number of ether oxygens (including phenoxy) is 1. The summed E-state index contributed by atoms with van der Waals surface area (Å²) >= 11 is 0. The summed E-state index contributed by atoms with van der Waals surface area (Å²) < 4.78 is 41.9. The van der Waals surface area contributed by atoms with E-state index in [0.29, 0.717) is 12.6 Å². The summed E-state index contributed by atoms with van der Waals surface area (Å²) in [6.07, 6.45) is 7.37. The third-order valence-corrected chi connectivity index (χ3v) is 8.28. The molecule has 1 amide bonds. The zero-order valence-corrected chi connectivity index (χ0v) is 20.2. The number of piperidine rings is 3. The lowest BCUT2D eigenvalue weighted by molar-refractivity contribution is -0.274. The van der Waals surface area contributed by atoms with E-state index in [9.17, 15) is 18.0 Å². The van der Waals surface area contributed by atoms with Gasteiger partial charge in [0.1, 0.15) is 5.75 Å². The molecule has 1 aromatic carbocycles. The molecule has 2 bridgehead atoms. The summed E-state index contributed by atoms with van der Waals surface area (Å²) in [4.78, 5) is 17.9. The van der Waals surface area contributed by atoms with Crippen molar-refractivity contribution in [3.8, 4) is 5.75 Å². The van der Waals surface area contributed by atoms with Crippen molar-refractivity contribution in [1.82, 2.24) is 15.1 Å². The Bertz CT molecular complexity index is 934. The monoisotopic (exact) mass is 491 g/mol. The Morgan fingerprint density at radius 2 is 1.97 bits per heavy atom. The number of halogens is 3. The number of hydrogen-bond donors (Lipinski definition) is 1. The highest BCUT2D eigenvalue weighted by Gasteiger charge is 2.45. The zero-order valence-electron chi connectivity index (χ0n) is 20.2. The Morgan fingerprint density at radius 3 is 2.83 bits per heavy atom. The van der Waals surface area contributed by atoms with E-state index in [1.54, 1.807) is 5.57 Å². The first-order chi connectivity index (χ1) is 16.9. The highest BCUT2D eigenvalue weighted by atomic mass is 19.4. The first-order valence-corrected chi connectivity index (χ1v) is 13.2. The van der Waals surface area contributed by atoms with Crippen LogP contribution in [0.4, 0.5) is 13.2 Å². The fraction of sp³-hybridized carbons (Fsp3) is 0.667. The summed E-state index contributed by atoms with van der Waals surface area (Å²) in [5, 5.41) is 2.76. The van der Waals surface area contributed by atoms with Crippen LogP contribution in [0.2, 0.25) is 0 Å². The number of likely N-dealkylation sites (tertiary alicyclic amines) is 1. The van der Waals surface area contributed by atoms with Crippen LogP contribution in [0.1, 0.15) is 61.7 Å². The number of hydrogen-bond acceptors (Lipinski definition) is 4. The fourth-order valence-corrected chi connectivity index (χ4v) is 6.94. The van der Waals surface area contributed by atoms with Crippen LogP contribution in [-0.4, -0.2) is 66.9 Å². The molecule has 3 saturated heterocycles. The average Bonchev–Trinajstić information content (AvgIpc) is 2.83. The Kier molecular flexibility index (Phi) is 7.39. The summed E-state index contributed by atoms with van der Waals surface area (Å²) in [5.74, 6) is 0.452. The highest BCUT2D eigenvalue weighted by molar-refractivity contribution is 5.96.